The lowest BCUT2D eigenvalue weighted by Gasteiger charge is -2.05. The van der Waals surface area contributed by atoms with Crippen LogP contribution in [-0.2, 0) is 14.3 Å². The van der Waals surface area contributed by atoms with Crippen molar-refractivity contribution in [2.24, 2.45) is 0 Å². The molecule has 1 rings (SSSR count). The fourth-order valence-corrected chi connectivity index (χ4v) is 1.32. The first-order valence-corrected chi connectivity index (χ1v) is 4.15. The molecule has 1 aliphatic carbocycles. The van der Waals surface area contributed by atoms with Gasteiger partial charge in [0.05, 0.1) is 6.42 Å². The fourth-order valence-electron chi connectivity index (χ4n) is 1.32. The van der Waals surface area contributed by atoms with Crippen molar-refractivity contribution in [1.82, 2.24) is 0 Å². The average Bonchev–Trinajstić information content (AvgIpc) is 2.31. The normalized spacial score (nSPS) is 21.2. The van der Waals surface area contributed by atoms with Gasteiger partial charge < -0.3 is 4.74 Å². The van der Waals surface area contributed by atoms with Crippen LogP contribution in [-0.4, -0.2) is 17.9 Å². The molecule has 1 aliphatic rings. The molecule has 0 aromatic heterocycles. The lowest BCUT2D eigenvalue weighted by molar-refractivity contribution is -0.144. The highest BCUT2D eigenvalue weighted by Gasteiger charge is 2.24. The third-order valence-corrected chi connectivity index (χ3v) is 1.81. The second-order valence-electron chi connectivity index (χ2n) is 2.96. The van der Waals surface area contributed by atoms with Crippen molar-refractivity contribution in [3.05, 3.63) is 24.3 Å². The van der Waals surface area contributed by atoms with Gasteiger partial charge in [-0.1, -0.05) is 6.08 Å². The number of hydrogen-bond donors (Lipinski definition) is 0. The molecule has 0 bridgehead atoms. The largest absolute Gasteiger partial charge is 0.458 e. The average molecular weight is 180 g/mol. The van der Waals surface area contributed by atoms with Crippen LogP contribution in [0.15, 0.2) is 24.3 Å². The lowest BCUT2D eigenvalue weighted by atomic mass is 10.1. The van der Waals surface area contributed by atoms with E-state index in [1.807, 2.05) is 0 Å². The zero-order chi connectivity index (χ0) is 9.84. The molecule has 0 saturated carbocycles. The molecule has 0 heterocycles. The number of carbonyl (C=O) groups is 2. The summed E-state index contributed by atoms with van der Waals surface area (Å²) in [6, 6.07) is 0. The van der Waals surface area contributed by atoms with Gasteiger partial charge >= 0.3 is 5.97 Å². The molecule has 1 atom stereocenters. The molecule has 0 aromatic carbocycles. The highest BCUT2D eigenvalue weighted by atomic mass is 16.5. The number of Topliss-reactive ketones (excluding diaryl/α,β-unsaturated/α-hetero) is 1. The van der Waals surface area contributed by atoms with Crippen LogP contribution in [0.2, 0.25) is 0 Å². The first kappa shape index (κ1) is 9.71. The van der Waals surface area contributed by atoms with Crippen molar-refractivity contribution >= 4 is 11.8 Å². The van der Waals surface area contributed by atoms with Crippen molar-refractivity contribution in [3.8, 4) is 0 Å². The van der Waals surface area contributed by atoms with Gasteiger partial charge in [0.25, 0.3) is 0 Å². The summed E-state index contributed by atoms with van der Waals surface area (Å²) in [6.45, 7) is 4.88. The Labute approximate surface area is 77.1 Å². The Morgan fingerprint density at radius 2 is 2.54 bits per heavy atom. The second kappa shape index (κ2) is 4.03. The topological polar surface area (TPSA) is 43.4 Å². The number of ketones is 1. The smallest absolute Gasteiger partial charge is 0.303 e. The van der Waals surface area contributed by atoms with Crippen LogP contribution in [0.25, 0.3) is 0 Å². The minimum atomic E-state index is -0.361. The highest BCUT2D eigenvalue weighted by Crippen LogP contribution is 2.20. The lowest BCUT2D eigenvalue weighted by Crippen LogP contribution is -2.12. The highest BCUT2D eigenvalue weighted by molar-refractivity contribution is 5.98. The van der Waals surface area contributed by atoms with Crippen molar-refractivity contribution in [2.45, 2.75) is 25.9 Å². The molecular weight excluding hydrogens is 168 g/mol. The summed E-state index contributed by atoms with van der Waals surface area (Å²) < 4.78 is 4.89. The molecule has 70 valence electrons. The van der Waals surface area contributed by atoms with Crippen molar-refractivity contribution in [2.75, 3.05) is 0 Å². The number of hydrogen-bond acceptors (Lipinski definition) is 3. The molecule has 13 heavy (non-hydrogen) atoms. The molecule has 0 spiro atoms. The van der Waals surface area contributed by atoms with Gasteiger partial charge in [0.2, 0.25) is 0 Å². The third-order valence-electron chi connectivity index (χ3n) is 1.81. The number of ether oxygens (including phenoxy) is 1. The fraction of sp³-hybridized carbons (Fsp3) is 0.400. The molecule has 0 aliphatic heterocycles. The van der Waals surface area contributed by atoms with Gasteiger partial charge in [0, 0.05) is 6.92 Å². The Balaban J connectivity index is 2.60. The number of carbonyl (C=O) groups excluding carboxylic acids is 2. The van der Waals surface area contributed by atoms with Gasteiger partial charge in [0.1, 0.15) is 6.10 Å². The maximum atomic E-state index is 11.2. The van der Waals surface area contributed by atoms with Gasteiger partial charge in [-0.15, -0.1) is 6.58 Å². The van der Waals surface area contributed by atoms with E-state index in [1.165, 1.54) is 6.92 Å². The van der Waals surface area contributed by atoms with Crippen LogP contribution in [0.4, 0.5) is 0 Å². The summed E-state index contributed by atoms with van der Waals surface area (Å²) in [7, 11) is 0. The molecule has 0 amide bonds. The summed E-state index contributed by atoms with van der Waals surface area (Å²) in [5, 5.41) is 0. The van der Waals surface area contributed by atoms with Crippen LogP contribution in [0.1, 0.15) is 19.8 Å². The van der Waals surface area contributed by atoms with E-state index in [0.29, 0.717) is 12.0 Å². The number of rotatable bonds is 3. The molecule has 0 N–H and O–H groups in total. The monoisotopic (exact) mass is 180 g/mol. The Morgan fingerprint density at radius 3 is 3.08 bits per heavy atom. The summed E-state index contributed by atoms with van der Waals surface area (Å²) in [6.07, 6.45) is 3.84. The Morgan fingerprint density at radius 1 is 1.85 bits per heavy atom. The third kappa shape index (κ3) is 2.54. The van der Waals surface area contributed by atoms with E-state index in [0.717, 1.165) is 0 Å². The van der Waals surface area contributed by atoms with E-state index in [9.17, 15) is 9.59 Å². The minimum Gasteiger partial charge on any atom is -0.458 e. The van der Waals surface area contributed by atoms with Gasteiger partial charge in [-0.2, -0.15) is 0 Å². The molecule has 0 fully saturated rings. The molecule has 0 unspecified atom stereocenters. The Bertz CT molecular complexity index is 276. The maximum absolute atomic E-state index is 11.2. The van der Waals surface area contributed by atoms with Crippen LogP contribution in [0, 0.1) is 0 Å². The van der Waals surface area contributed by atoms with Crippen LogP contribution in [0.3, 0.4) is 0 Å². The molecule has 3 heteroatoms. The van der Waals surface area contributed by atoms with E-state index in [4.69, 9.17) is 4.74 Å². The van der Waals surface area contributed by atoms with Gasteiger partial charge in [0.15, 0.2) is 5.78 Å². The second-order valence-corrected chi connectivity index (χ2v) is 2.96. The van der Waals surface area contributed by atoms with Gasteiger partial charge in [-0.3, -0.25) is 9.59 Å². The summed E-state index contributed by atoms with van der Waals surface area (Å²) in [5.41, 5.74) is 0.696. The predicted octanol–water partition coefficient (Wildman–Crippen LogP) is 1.39. The minimum absolute atomic E-state index is 0.0474. The van der Waals surface area contributed by atoms with Gasteiger partial charge in [-0.05, 0) is 18.1 Å². The standard InChI is InChI=1S/C10H12O3/c1-3-4-8-5-9(6-10(8)12)13-7(2)11/h3,5,9H,1,4,6H2,2H3/t9-/m0/s1. The number of esters is 1. The van der Waals surface area contributed by atoms with Crippen LogP contribution in [0.5, 0.6) is 0 Å². The molecular formula is C10H12O3. The van der Waals surface area contributed by atoms with Crippen molar-refractivity contribution < 1.29 is 14.3 Å². The Hall–Kier alpha value is -1.38. The SMILES string of the molecule is C=CCC1=C[C@H](OC(C)=O)CC1=O. The van der Waals surface area contributed by atoms with Crippen LogP contribution < -0.4 is 0 Å². The predicted molar refractivity (Wildman–Crippen MR) is 48.1 cm³/mol. The first-order chi connectivity index (χ1) is 6.13. The van der Waals surface area contributed by atoms with E-state index in [-0.39, 0.29) is 24.3 Å². The molecule has 0 saturated heterocycles. The summed E-state index contributed by atoms with van der Waals surface area (Å²) in [5.74, 6) is -0.306. The van der Waals surface area contributed by atoms with E-state index < -0.39 is 0 Å². The summed E-state index contributed by atoms with van der Waals surface area (Å²) >= 11 is 0. The zero-order valence-electron chi connectivity index (χ0n) is 7.58. The molecule has 3 nitrogen and oxygen atoms in total. The van der Waals surface area contributed by atoms with Gasteiger partial charge in [-0.25, -0.2) is 0 Å². The quantitative estimate of drug-likeness (QED) is 0.487. The van der Waals surface area contributed by atoms with E-state index >= 15 is 0 Å². The van der Waals surface area contributed by atoms with E-state index in [2.05, 4.69) is 6.58 Å². The Kier molecular flexibility index (Phi) is 3.01. The maximum Gasteiger partial charge on any atom is 0.303 e. The van der Waals surface area contributed by atoms with Crippen LogP contribution >= 0.6 is 0 Å². The van der Waals surface area contributed by atoms with Crippen molar-refractivity contribution in [1.29, 1.82) is 0 Å². The van der Waals surface area contributed by atoms with Crippen molar-refractivity contribution in [3.63, 3.8) is 0 Å². The zero-order valence-corrected chi connectivity index (χ0v) is 7.58. The van der Waals surface area contributed by atoms with E-state index in [1.54, 1.807) is 12.2 Å². The summed E-state index contributed by atoms with van der Waals surface area (Å²) in [4.78, 5) is 21.8. The molecule has 0 aromatic rings. The molecule has 0 radical (unpaired) electrons. The first-order valence-electron chi connectivity index (χ1n) is 4.15. The number of allylic oxidation sites excluding steroid dienone is 2.